The van der Waals surface area contributed by atoms with Crippen molar-refractivity contribution in [3.8, 4) is 11.5 Å². The van der Waals surface area contributed by atoms with Crippen molar-refractivity contribution >= 4 is 21.9 Å². The van der Waals surface area contributed by atoms with Crippen LogP contribution in [0.2, 0.25) is 0 Å². The van der Waals surface area contributed by atoms with E-state index in [-0.39, 0.29) is 6.79 Å². The topological polar surface area (TPSA) is 55.8 Å². The minimum absolute atomic E-state index is 0.192. The van der Waals surface area contributed by atoms with Gasteiger partial charge >= 0.3 is 5.97 Å². The van der Waals surface area contributed by atoms with Gasteiger partial charge in [0, 0.05) is 0 Å². The van der Waals surface area contributed by atoms with E-state index in [9.17, 15) is 9.90 Å². The SMILES string of the molecule is O=C(O)C1(c2cc(Br)c3c(c2)OCO3)CCC1. The fourth-order valence-electron chi connectivity index (χ4n) is 2.40. The zero-order chi connectivity index (χ0) is 12.0. The van der Waals surface area contributed by atoms with Crippen LogP contribution in [0.25, 0.3) is 0 Å². The molecule has 3 rings (SSSR count). The number of hydrogen-bond donors (Lipinski definition) is 1. The molecule has 0 aromatic heterocycles. The van der Waals surface area contributed by atoms with Crippen molar-refractivity contribution in [3.63, 3.8) is 0 Å². The third-order valence-corrected chi connectivity index (χ3v) is 4.19. The summed E-state index contributed by atoms with van der Waals surface area (Å²) in [5.74, 6) is 0.532. The van der Waals surface area contributed by atoms with Gasteiger partial charge in [-0.15, -0.1) is 0 Å². The summed E-state index contributed by atoms with van der Waals surface area (Å²) in [5, 5.41) is 9.39. The maximum atomic E-state index is 11.4. The van der Waals surface area contributed by atoms with Gasteiger partial charge in [-0.25, -0.2) is 0 Å². The lowest BCUT2D eigenvalue weighted by molar-refractivity contribution is -0.147. The van der Waals surface area contributed by atoms with Crippen LogP contribution >= 0.6 is 15.9 Å². The Hall–Kier alpha value is -1.23. The van der Waals surface area contributed by atoms with Crippen LogP contribution in [0.4, 0.5) is 0 Å². The van der Waals surface area contributed by atoms with Gasteiger partial charge in [0.05, 0.1) is 9.89 Å². The Labute approximate surface area is 107 Å². The molecule has 1 aliphatic carbocycles. The zero-order valence-electron chi connectivity index (χ0n) is 9.03. The maximum absolute atomic E-state index is 11.4. The Bertz CT molecular complexity index is 494. The highest BCUT2D eigenvalue weighted by Gasteiger charge is 2.46. The van der Waals surface area contributed by atoms with Gasteiger partial charge in [0.2, 0.25) is 6.79 Å². The molecule has 1 heterocycles. The minimum Gasteiger partial charge on any atom is -0.481 e. The second-order valence-electron chi connectivity index (χ2n) is 4.43. The quantitative estimate of drug-likeness (QED) is 0.912. The molecule has 0 saturated heterocycles. The van der Waals surface area contributed by atoms with Crippen molar-refractivity contribution in [1.82, 2.24) is 0 Å². The molecule has 1 fully saturated rings. The van der Waals surface area contributed by atoms with Crippen molar-refractivity contribution in [2.75, 3.05) is 6.79 Å². The molecule has 1 aliphatic heterocycles. The number of benzene rings is 1. The third-order valence-electron chi connectivity index (χ3n) is 3.60. The van der Waals surface area contributed by atoms with Gasteiger partial charge in [-0.1, -0.05) is 6.42 Å². The number of aliphatic carboxylic acids is 1. The summed E-state index contributed by atoms with van der Waals surface area (Å²) in [4.78, 5) is 11.4. The lowest BCUT2D eigenvalue weighted by atomic mass is 9.64. The first-order valence-electron chi connectivity index (χ1n) is 5.46. The van der Waals surface area contributed by atoms with Gasteiger partial charge < -0.3 is 14.6 Å². The molecule has 90 valence electrons. The second-order valence-corrected chi connectivity index (χ2v) is 5.29. The summed E-state index contributed by atoms with van der Waals surface area (Å²) in [6.45, 7) is 0.192. The highest BCUT2D eigenvalue weighted by molar-refractivity contribution is 9.10. The molecule has 0 radical (unpaired) electrons. The summed E-state index contributed by atoms with van der Waals surface area (Å²) in [6, 6.07) is 3.63. The van der Waals surface area contributed by atoms with Crippen molar-refractivity contribution < 1.29 is 19.4 Å². The van der Waals surface area contributed by atoms with Crippen LogP contribution in [0.5, 0.6) is 11.5 Å². The van der Waals surface area contributed by atoms with E-state index < -0.39 is 11.4 Å². The van der Waals surface area contributed by atoms with Crippen molar-refractivity contribution in [3.05, 3.63) is 22.2 Å². The lowest BCUT2D eigenvalue weighted by Gasteiger charge is -2.38. The molecule has 2 aliphatic rings. The molecule has 0 bridgehead atoms. The van der Waals surface area contributed by atoms with Gasteiger partial charge in [0.1, 0.15) is 0 Å². The van der Waals surface area contributed by atoms with Crippen LogP contribution in [0.1, 0.15) is 24.8 Å². The predicted octanol–water partition coefficient (Wildman–Crippen LogP) is 2.68. The Morgan fingerprint density at radius 2 is 2.12 bits per heavy atom. The minimum atomic E-state index is -0.755. The van der Waals surface area contributed by atoms with Crippen molar-refractivity contribution in [2.24, 2.45) is 0 Å². The number of carboxylic acids is 1. The number of ether oxygens (including phenoxy) is 2. The van der Waals surface area contributed by atoms with E-state index >= 15 is 0 Å². The third kappa shape index (κ3) is 1.45. The normalized spacial score (nSPS) is 19.8. The Morgan fingerprint density at radius 3 is 2.71 bits per heavy atom. The first-order valence-corrected chi connectivity index (χ1v) is 6.26. The zero-order valence-corrected chi connectivity index (χ0v) is 10.6. The van der Waals surface area contributed by atoms with Gasteiger partial charge in [-0.05, 0) is 46.5 Å². The molecule has 1 saturated carbocycles. The van der Waals surface area contributed by atoms with Crippen LogP contribution in [0, 0.1) is 0 Å². The lowest BCUT2D eigenvalue weighted by Crippen LogP contribution is -2.42. The molecule has 0 amide bonds. The number of hydrogen-bond acceptors (Lipinski definition) is 3. The average molecular weight is 299 g/mol. The molecule has 0 unspecified atom stereocenters. The van der Waals surface area contributed by atoms with Crippen LogP contribution in [0.15, 0.2) is 16.6 Å². The van der Waals surface area contributed by atoms with E-state index in [4.69, 9.17) is 9.47 Å². The van der Waals surface area contributed by atoms with Crippen LogP contribution in [0.3, 0.4) is 0 Å². The molecule has 1 N–H and O–H groups in total. The van der Waals surface area contributed by atoms with Gasteiger partial charge in [0.25, 0.3) is 0 Å². The number of rotatable bonds is 2. The summed E-state index contributed by atoms with van der Waals surface area (Å²) >= 11 is 3.40. The Balaban J connectivity index is 2.10. The van der Waals surface area contributed by atoms with Crippen LogP contribution in [-0.2, 0) is 10.2 Å². The molecule has 17 heavy (non-hydrogen) atoms. The number of carbonyl (C=O) groups is 1. The molecule has 1 aromatic rings. The first-order chi connectivity index (χ1) is 8.13. The first kappa shape index (κ1) is 10.9. The van der Waals surface area contributed by atoms with E-state index in [1.54, 1.807) is 6.07 Å². The predicted molar refractivity (Wildman–Crippen MR) is 63.4 cm³/mol. The van der Waals surface area contributed by atoms with E-state index in [1.165, 1.54) is 0 Å². The number of carboxylic acid groups (broad SMARTS) is 1. The largest absolute Gasteiger partial charge is 0.481 e. The molecule has 5 heteroatoms. The molecular formula is C12H11BrO4. The Morgan fingerprint density at radius 1 is 1.35 bits per heavy atom. The molecule has 4 nitrogen and oxygen atoms in total. The van der Waals surface area contributed by atoms with Crippen molar-refractivity contribution in [2.45, 2.75) is 24.7 Å². The molecular weight excluding hydrogens is 288 g/mol. The fraction of sp³-hybridized carbons (Fsp3) is 0.417. The Kier molecular flexibility index (Phi) is 2.33. The monoisotopic (exact) mass is 298 g/mol. The fourth-order valence-corrected chi connectivity index (χ4v) is 2.96. The van der Waals surface area contributed by atoms with Crippen LogP contribution in [-0.4, -0.2) is 17.9 Å². The summed E-state index contributed by atoms with van der Waals surface area (Å²) in [7, 11) is 0. The average Bonchev–Trinajstić information content (AvgIpc) is 2.63. The van der Waals surface area contributed by atoms with Gasteiger partial charge in [0.15, 0.2) is 11.5 Å². The summed E-state index contributed by atoms with van der Waals surface area (Å²) in [5.41, 5.74) is 0.0659. The molecule has 0 spiro atoms. The van der Waals surface area contributed by atoms with Gasteiger partial charge in [-0.2, -0.15) is 0 Å². The van der Waals surface area contributed by atoms with E-state index in [0.29, 0.717) is 24.3 Å². The number of fused-ring (bicyclic) bond motifs is 1. The summed E-state index contributed by atoms with van der Waals surface area (Å²) < 4.78 is 11.4. The maximum Gasteiger partial charge on any atom is 0.314 e. The summed E-state index contributed by atoms with van der Waals surface area (Å²) in [6.07, 6.45) is 2.33. The standard InChI is InChI=1S/C12H11BrO4/c13-8-4-7(5-9-10(8)17-6-16-9)12(11(14)15)2-1-3-12/h4-5H,1-3,6H2,(H,14,15). The highest BCUT2D eigenvalue weighted by atomic mass is 79.9. The highest BCUT2D eigenvalue weighted by Crippen LogP contribution is 2.49. The second kappa shape index (κ2) is 3.63. The molecule has 1 aromatic carbocycles. The van der Waals surface area contributed by atoms with E-state index in [1.807, 2.05) is 6.07 Å². The van der Waals surface area contributed by atoms with Gasteiger partial charge in [-0.3, -0.25) is 4.79 Å². The smallest absolute Gasteiger partial charge is 0.314 e. The van der Waals surface area contributed by atoms with Crippen LogP contribution < -0.4 is 9.47 Å². The van der Waals surface area contributed by atoms with E-state index in [0.717, 1.165) is 16.5 Å². The number of halogens is 1. The van der Waals surface area contributed by atoms with E-state index in [2.05, 4.69) is 15.9 Å². The van der Waals surface area contributed by atoms with Crippen molar-refractivity contribution in [1.29, 1.82) is 0 Å². The molecule has 0 atom stereocenters.